The Hall–Kier alpha value is -1.92. The molecule has 3 aliphatic rings. The monoisotopic (exact) mass is 503 g/mol. The highest BCUT2D eigenvalue weighted by Crippen LogP contribution is 2.48. The summed E-state index contributed by atoms with van der Waals surface area (Å²) in [6, 6.07) is -2.47. The Morgan fingerprint density at radius 2 is 1.91 bits per heavy atom. The molecule has 1 saturated heterocycles. The van der Waals surface area contributed by atoms with Crippen molar-refractivity contribution in [3.8, 4) is 0 Å². The van der Waals surface area contributed by atoms with Crippen molar-refractivity contribution in [2.45, 2.75) is 76.3 Å². The maximum atomic E-state index is 13.0. The van der Waals surface area contributed by atoms with Gasteiger partial charge in [-0.25, -0.2) is 4.79 Å². The third-order valence-electron chi connectivity index (χ3n) is 7.31. The summed E-state index contributed by atoms with van der Waals surface area (Å²) in [5.41, 5.74) is -2.31. The summed E-state index contributed by atoms with van der Waals surface area (Å²) in [6.45, 7) is 4.41. The number of carbonyl (C=O) groups is 3. The highest BCUT2D eigenvalue weighted by molar-refractivity contribution is 7.86. The number of hydrogen-bond donors (Lipinski definition) is 5. The third kappa shape index (κ3) is 7.05. The molecule has 11 nitrogen and oxygen atoms in total. The first kappa shape index (κ1) is 26.7. The fourth-order valence-electron chi connectivity index (χ4n) is 5.56. The van der Waals surface area contributed by atoms with Crippen LogP contribution in [0.5, 0.6) is 0 Å². The normalized spacial score (nSPS) is 28.9. The minimum absolute atomic E-state index is 0.00664. The van der Waals surface area contributed by atoms with Gasteiger partial charge in [-0.05, 0) is 62.2 Å². The van der Waals surface area contributed by atoms with E-state index >= 15 is 0 Å². The standard InChI is InChI=1S/C22H37N3O8S/c1-12(2)7-17(25-22(29)33-11-16-9-13-3-4-14(16)8-13)20(27)24-18(21(28)34(30,31)32)10-15-5-6-23-19(15)26/h12-18,21,28H,3-11H2,1-2H3,(H,23,26)(H,24,27)(H,25,29)(H,30,31,32)/t13-,14+,15-,16+,17-,18-,21+/m0/s1. The maximum absolute atomic E-state index is 13.0. The van der Waals surface area contributed by atoms with Gasteiger partial charge in [0.25, 0.3) is 10.1 Å². The van der Waals surface area contributed by atoms with Crippen molar-refractivity contribution in [1.82, 2.24) is 16.0 Å². The van der Waals surface area contributed by atoms with Crippen LogP contribution in [0.3, 0.4) is 0 Å². The third-order valence-corrected chi connectivity index (χ3v) is 8.25. The van der Waals surface area contributed by atoms with Crippen LogP contribution >= 0.6 is 0 Å². The van der Waals surface area contributed by atoms with Crippen molar-refractivity contribution in [3.05, 3.63) is 0 Å². The number of nitrogens with one attached hydrogen (secondary N) is 3. The van der Waals surface area contributed by atoms with Gasteiger partial charge in [-0.15, -0.1) is 0 Å². The van der Waals surface area contributed by atoms with Crippen LogP contribution in [-0.2, 0) is 24.4 Å². The molecule has 0 aromatic carbocycles. The largest absolute Gasteiger partial charge is 0.449 e. The van der Waals surface area contributed by atoms with E-state index in [0.29, 0.717) is 37.3 Å². The molecule has 7 atom stereocenters. The van der Waals surface area contributed by atoms with Gasteiger partial charge >= 0.3 is 6.09 Å². The molecule has 3 rings (SSSR count). The van der Waals surface area contributed by atoms with Gasteiger partial charge in [-0.3, -0.25) is 14.1 Å². The lowest BCUT2D eigenvalue weighted by molar-refractivity contribution is -0.126. The summed E-state index contributed by atoms with van der Waals surface area (Å²) in [5.74, 6) is -0.0115. The van der Waals surface area contributed by atoms with Crippen molar-refractivity contribution in [2.75, 3.05) is 13.2 Å². The molecule has 5 N–H and O–H groups in total. The van der Waals surface area contributed by atoms with Crippen LogP contribution in [0.2, 0.25) is 0 Å². The van der Waals surface area contributed by atoms with Crippen molar-refractivity contribution in [3.63, 3.8) is 0 Å². The van der Waals surface area contributed by atoms with E-state index in [-0.39, 0.29) is 24.7 Å². The molecule has 12 heteroatoms. The lowest BCUT2D eigenvalue weighted by Gasteiger charge is -2.27. The van der Waals surface area contributed by atoms with E-state index in [0.717, 1.165) is 12.8 Å². The molecule has 0 unspecified atom stereocenters. The highest BCUT2D eigenvalue weighted by atomic mass is 32.2. The van der Waals surface area contributed by atoms with Gasteiger partial charge in [0.15, 0.2) is 0 Å². The molecular formula is C22H37N3O8S. The zero-order chi connectivity index (χ0) is 25.0. The Balaban J connectivity index is 1.61. The number of carbonyl (C=O) groups excluding carboxylic acids is 3. The second kappa shape index (κ2) is 11.2. The molecule has 2 saturated carbocycles. The molecule has 0 spiro atoms. The number of amides is 3. The van der Waals surface area contributed by atoms with E-state index < -0.39 is 45.6 Å². The predicted octanol–water partition coefficient (Wildman–Crippen LogP) is 0.781. The molecule has 0 aromatic rings. The average Bonchev–Trinajstić information content (AvgIpc) is 3.47. The van der Waals surface area contributed by atoms with Crippen molar-refractivity contribution < 1.29 is 37.2 Å². The first-order valence-electron chi connectivity index (χ1n) is 12.1. The number of aliphatic hydroxyl groups is 1. The van der Waals surface area contributed by atoms with Crippen molar-refractivity contribution in [2.24, 2.45) is 29.6 Å². The van der Waals surface area contributed by atoms with Crippen LogP contribution in [0, 0.1) is 29.6 Å². The molecule has 194 valence electrons. The van der Waals surface area contributed by atoms with Crippen LogP contribution in [0.15, 0.2) is 0 Å². The predicted molar refractivity (Wildman–Crippen MR) is 122 cm³/mol. The van der Waals surface area contributed by atoms with Crippen LogP contribution in [0.25, 0.3) is 0 Å². The van der Waals surface area contributed by atoms with Gasteiger partial charge < -0.3 is 25.8 Å². The number of rotatable bonds is 11. The number of ether oxygens (including phenoxy) is 1. The maximum Gasteiger partial charge on any atom is 0.407 e. The molecule has 2 aliphatic carbocycles. The first-order chi connectivity index (χ1) is 15.9. The summed E-state index contributed by atoms with van der Waals surface area (Å²) < 4.78 is 37.9. The molecule has 2 bridgehead atoms. The molecule has 1 heterocycles. The molecule has 0 aromatic heterocycles. The lowest BCUT2D eigenvalue weighted by Crippen LogP contribution is -2.55. The second-order valence-corrected chi connectivity index (χ2v) is 11.9. The summed E-state index contributed by atoms with van der Waals surface area (Å²) in [7, 11) is -4.90. The topological polar surface area (TPSA) is 171 Å². The Kier molecular flexibility index (Phi) is 8.80. The smallest absolute Gasteiger partial charge is 0.407 e. The molecule has 3 fully saturated rings. The first-order valence-corrected chi connectivity index (χ1v) is 13.6. The summed E-state index contributed by atoms with van der Waals surface area (Å²) in [4.78, 5) is 37.4. The quantitative estimate of drug-likeness (QED) is 0.257. The van der Waals surface area contributed by atoms with Crippen LogP contribution in [0.4, 0.5) is 4.79 Å². The molecule has 0 radical (unpaired) electrons. The fourth-order valence-corrected chi connectivity index (χ4v) is 6.16. The lowest BCUT2D eigenvalue weighted by atomic mass is 9.90. The Morgan fingerprint density at radius 3 is 2.44 bits per heavy atom. The highest BCUT2D eigenvalue weighted by Gasteiger charge is 2.40. The Morgan fingerprint density at radius 1 is 1.18 bits per heavy atom. The Labute approximate surface area is 200 Å². The van der Waals surface area contributed by atoms with E-state index in [1.165, 1.54) is 12.8 Å². The van der Waals surface area contributed by atoms with Gasteiger partial charge in [0.05, 0.1) is 12.6 Å². The van der Waals surface area contributed by atoms with Gasteiger partial charge in [0.1, 0.15) is 6.04 Å². The van der Waals surface area contributed by atoms with E-state index in [1.54, 1.807) is 0 Å². The van der Waals surface area contributed by atoms with Gasteiger partial charge in [0.2, 0.25) is 17.3 Å². The van der Waals surface area contributed by atoms with E-state index in [1.807, 2.05) is 13.8 Å². The minimum atomic E-state index is -4.90. The van der Waals surface area contributed by atoms with E-state index in [4.69, 9.17) is 4.74 Å². The molecule has 3 amide bonds. The van der Waals surface area contributed by atoms with Gasteiger partial charge in [-0.2, -0.15) is 8.42 Å². The summed E-state index contributed by atoms with van der Waals surface area (Å²) in [5, 5.41) is 17.7. The van der Waals surface area contributed by atoms with Crippen molar-refractivity contribution >= 4 is 28.0 Å². The van der Waals surface area contributed by atoms with Crippen LogP contribution in [0.1, 0.15) is 58.8 Å². The van der Waals surface area contributed by atoms with Crippen LogP contribution < -0.4 is 16.0 Å². The number of alkyl carbamates (subject to hydrolysis) is 1. The number of aliphatic hydroxyl groups excluding tert-OH is 1. The molecule has 1 aliphatic heterocycles. The SMILES string of the molecule is CC(C)C[C@H](NC(=O)OC[C@H]1C[C@H]2CC[C@@H]1C2)C(=O)N[C@@H](C[C@@H]1CCNC1=O)[C@H](O)S(=O)(=O)O. The molecular weight excluding hydrogens is 466 g/mol. The zero-order valence-corrected chi connectivity index (χ0v) is 20.6. The van der Waals surface area contributed by atoms with E-state index in [9.17, 15) is 32.5 Å². The number of hydrogen-bond acceptors (Lipinski definition) is 7. The molecule has 34 heavy (non-hydrogen) atoms. The van der Waals surface area contributed by atoms with Crippen LogP contribution in [-0.4, -0.2) is 66.7 Å². The zero-order valence-electron chi connectivity index (χ0n) is 19.7. The number of fused-ring (bicyclic) bond motifs is 2. The summed E-state index contributed by atoms with van der Waals surface area (Å²) >= 11 is 0. The second-order valence-electron chi connectivity index (χ2n) is 10.4. The minimum Gasteiger partial charge on any atom is -0.449 e. The van der Waals surface area contributed by atoms with Gasteiger partial charge in [0, 0.05) is 12.5 Å². The van der Waals surface area contributed by atoms with Gasteiger partial charge in [-0.1, -0.05) is 20.3 Å². The fraction of sp³-hybridized carbons (Fsp3) is 0.864. The summed E-state index contributed by atoms with van der Waals surface area (Å²) in [6.07, 6.45) is 4.38. The Bertz CT molecular complexity index is 864. The average molecular weight is 504 g/mol. The van der Waals surface area contributed by atoms with E-state index in [2.05, 4.69) is 16.0 Å². The van der Waals surface area contributed by atoms with Crippen molar-refractivity contribution in [1.29, 1.82) is 0 Å².